The Labute approximate surface area is 162 Å². The van der Waals surface area contributed by atoms with Gasteiger partial charge in [-0.2, -0.15) is 0 Å². The molecule has 1 aliphatic heterocycles. The lowest BCUT2D eigenvalue weighted by atomic mass is 9.96. The zero-order chi connectivity index (χ0) is 19.0. The molecule has 0 atom stereocenters. The maximum atomic E-state index is 12.9. The summed E-state index contributed by atoms with van der Waals surface area (Å²) in [5.74, 6) is 0.165. The van der Waals surface area contributed by atoms with Crippen LogP contribution in [0.15, 0.2) is 42.5 Å². The maximum Gasteiger partial charge on any atom is 0.263 e. The number of fused-ring (bicyclic) bond motifs is 1. The van der Waals surface area contributed by atoms with Crippen molar-refractivity contribution in [3.63, 3.8) is 0 Å². The molecule has 140 valence electrons. The first kappa shape index (κ1) is 17.8. The van der Waals surface area contributed by atoms with Gasteiger partial charge in [-0.15, -0.1) is 11.3 Å². The lowest BCUT2D eigenvalue weighted by Crippen LogP contribution is -2.42. The highest BCUT2D eigenvalue weighted by Crippen LogP contribution is 2.30. The molecule has 0 spiro atoms. The van der Waals surface area contributed by atoms with Crippen LogP contribution in [0.1, 0.15) is 28.2 Å². The van der Waals surface area contributed by atoms with Crippen LogP contribution in [-0.2, 0) is 4.79 Å². The number of amides is 2. The van der Waals surface area contributed by atoms with Crippen molar-refractivity contribution in [2.24, 2.45) is 5.92 Å². The monoisotopic (exact) mass is 381 g/mol. The lowest BCUT2D eigenvalue weighted by Gasteiger charge is -2.30. The van der Waals surface area contributed by atoms with Crippen molar-refractivity contribution < 1.29 is 9.59 Å². The van der Waals surface area contributed by atoms with Gasteiger partial charge in [0, 0.05) is 37.1 Å². The van der Waals surface area contributed by atoms with Crippen LogP contribution in [0, 0.1) is 12.8 Å². The number of nitrogens with zero attached hydrogens (tertiary/aromatic N) is 2. The van der Waals surface area contributed by atoms with Crippen molar-refractivity contribution in [3.8, 4) is 5.00 Å². The van der Waals surface area contributed by atoms with Crippen LogP contribution in [0.2, 0.25) is 0 Å². The Morgan fingerprint density at radius 2 is 1.85 bits per heavy atom. The summed E-state index contributed by atoms with van der Waals surface area (Å²) in [6.45, 7) is 3.36. The smallest absolute Gasteiger partial charge is 0.263 e. The molecule has 1 aromatic carbocycles. The summed E-state index contributed by atoms with van der Waals surface area (Å²) in [6, 6.07) is 14.4. The second-order valence-corrected chi connectivity index (χ2v) is 8.06. The molecule has 6 heteroatoms. The van der Waals surface area contributed by atoms with Crippen molar-refractivity contribution in [2.45, 2.75) is 19.8 Å². The lowest BCUT2D eigenvalue weighted by molar-refractivity contribution is -0.125. The van der Waals surface area contributed by atoms with Gasteiger partial charge in [0.15, 0.2) is 0 Å². The summed E-state index contributed by atoms with van der Waals surface area (Å²) in [5.41, 5.74) is 2.31. The quantitative estimate of drug-likeness (QED) is 0.754. The van der Waals surface area contributed by atoms with Crippen LogP contribution < -0.4 is 5.32 Å². The summed E-state index contributed by atoms with van der Waals surface area (Å²) in [4.78, 5) is 27.3. The Morgan fingerprint density at radius 3 is 2.59 bits per heavy atom. The van der Waals surface area contributed by atoms with E-state index in [1.807, 2.05) is 29.2 Å². The Hall–Kier alpha value is -2.60. The zero-order valence-electron chi connectivity index (χ0n) is 15.6. The Balaban J connectivity index is 1.54. The Kier molecular flexibility index (Phi) is 4.74. The highest BCUT2D eigenvalue weighted by molar-refractivity contribution is 7.16. The van der Waals surface area contributed by atoms with Gasteiger partial charge >= 0.3 is 0 Å². The summed E-state index contributed by atoms with van der Waals surface area (Å²) < 4.78 is 2.20. The molecule has 3 heterocycles. The van der Waals surface area contributed by atoms with Gasteiger partial charge in [-0.3, -0.25) is 9.59 Å². The number of nitrogens with one attached hydrogen (secondary N) is 1. The average molecular weight is 382 g/mol. The molecular weight excluding hydrogens is 358 g/mol. The summed E-state index contributed by atoms with van der Waals surface area (Å²) in [5, 5.41) is 4.96. The molecule has 1 aliphatic rings. The van der Waals surface area contributed by atoms with Gasteiger partial charge in [0.05, 0.1) is 10.4 Å². The minimum absolute atomic E-state index is 0.0202. The highest BCUT2D eigenvalue weighted by atomic mass is 32.1. The highest BCUT2D eigenvalue weighted by Gasteiger charge is 2.28. The number of carbonyl (C=O) groups is 2. The minimum atomic E-state index is 0.0202. The van der Waals surface area contributed by atoms with Gasteiger partial charge in [0.2, 0.25) is 5.91 Å². The molecule has 2 amide bonds. The molecule has 0 aliphatic carbocycles. The molecule has 0 unspecified atom stereocenters. The number of hydrogen-bond donors (Lipinski definition) is 1. The van der Waals surface area contributed by atoms with E-state index < -0.39 is 0 Å². The molecule has 0 radical (unpaired) electrons. The molecule has 0 saturated carbocycles. The van der Waals surface area contributed by atoms with Crippen LogP contribution in [0.25, 0.3) is 15.9 Å². The van der Waals surface area contributed by atoms with Gasteiger partial charge in [-0.1, -0.05) is 18.2 Å². The standard InChI is InChI=1S/C21H23N3O2S/c1-14-13-16-5-3-4-6-17(16)24(14)19-8-7-18(27-19)21(26)23-11-9-15(10-12-23)20(25)22-2/h3-8,13,15H,9-12H2,1-2H3,(H,22,25). The number of piperidine rings is 1. The Morgan fingerprint density at radius 1 is 1.11 bits per heavy atom. The number of likely N-dealkylation sites (tertiary alicyclic amines) is 1. The van der Waals surface area contributed by atoms with E-state index in [0.717, 1.165) is 33.9 Å². The molecular formula is C21H23N3O2S. The number of carbonyl (C=O) groups excluding carboxylic acids is 2. The number of aromatic nitrogens is 1. The number of benzene rings is 1. The van der Waals surface area contributed by atoms with Crippen molar-refractivity contribution in [1.29, 1.82) is 0 Å². The molecule has 27 heavy (non-hydrogen) atoms. The van der Waals surface area contributed by atoms with Gasteiger partial charge in [0.25, 0.3) is 5.91 Å². The molecule has 1 saturated heterocycles. The first-order valence-electron chi connectivity index (χ1n) is 9.26. The second kappa shape index (κ2) is 7.19. The van der Waals surface area contributed by atoms with Gasteiger partial charge in [0.1, 0.15) is 5.00 Å². The summed E-state index contributed by atoms with van der Waals surface area (Å²) in [7, 11) is 1.67. The van der Waals surface area contributed by atoms with Gasteiger partial charge in [-0.25, -0.2) is 0 Å². The number of thiophene rings is 1. The predicted molar refractivity (Wildman–Crippen MR) is 109 cm³/mol. The van der Waals surface area contributed by atoms with E-state index in [4.69, 9.17) is 0 Å². The van der Waals surface area contributed by atoms with E-state index in [1.165, 1.54) is 16.7 Å². The fourth-order valence-corrected chi connectivity index (χ4v) is 4.90. The molecule has 3 aromatic rings. The van der Waals surface area contributed by atoms with Crippen LogP contribution >= 0.6 is 11.3 Å². The average Bonchev–Trinajstić information content (AvgIpc) is 3.30. The SMILES string of the molecule is CNC(=O)C1CCN(C(=O)c2ccc(-n3c(C)cc4ccccc43)s2)CC1. The third-order valence-corrected chi connectivity index (χ3v) is 6.38. The molecule has 1 fully saturated rings. The summed E-state index contributed by atoms with van der Waals surface area (Å²) in [6.07, 6.45) is 1.45. The molecule has 2 aromatic heterocycles. The van der Waals surface area contributed by atoms with E-state index in [-0.39, 0.29) is 17.7 Å². The van der Waals surface area contributed by atoms with E-state index in [2.05, 4.69) is 35.0 Å². The zero-order valence-corrected chi connectivity index (χ0v) is 16.4. The number of para-hydroxylation sites is 1. The van der Waals surface area contributed by atoms with Crippen LogP contribution in [0.5, 0.6) is 0 Å². The van der Waals surface area contributed by atoms with Gasteiger partial charge in [-0.05, 0) is 44.0 Å². The molecule has 5 nitrogen and oxygen atoms in total. The maximum absolute atomic E-state index is 12.9. The third-order valence-electron chi connectivity index (χ3n) is 5.32. The minimum Gasteiger partial charge on any atom is -0.359 e. The largest absolute Gasteiger partial charge is 0.359 e. The van der Waals surface area contributed by atoms with Crippen LogP contribution in [0.3, 0.4) is 0 Å². The third kappa shape index (κ3) is 3.25. The van der Waals surface area contributed by atoms with Crippen LogP contribution in [0.4, 0.5) is 0 Å². The fraction of sp³-hybridized carbons (Fsp3) is 0.333. The molecule has 4 rings (SSSR count). The summed E-state index contributed by atoms with van der Waals surface area (Å²) >= 11 is 1.53. The second-order valence-electron chi connectivity index (χ2n) is 7.00. The number of rotatable bonds is 3. The van der Waals surface area contributed by atoms with E-state index in [1.54, 1.807) is 7.05 Å². The molecule has 0 bridgehead atoms. The predicted octanol–water partition coefficient (Wildman–Crippen LogP) is 3.60. The first-order valence-corrected chi connectivity index (χ1v) is 10.1. The van der Waals surface area contributed by atoms with Crippen LogP contribution in [-0.4, -0.2) is 41.4 Å². The van der Waals surface area contributed by atoms with Gasteiger partial charge < -0.3 is 14.8 Å². The topological polar surface area (TPSA) is 54.3 Å². The van der Waals surface area contributed by atoms with E-state index in [0.29, 0.717) is 13.1 Å². The number of aryl methyl sites for hydroxylation is 1. The van der Waals surface area contributed by atoms with E-state index >= 15 is 0 Å². The Bertz CT molecular complexity index is 996. The van der Waals surface area contributed by atoms with Crippen molar-refractivity contribution in [3.05, 3.63) is 53.0 Å². The molecule has 1 N–H and O–H groups in total. The first-order chi connectivity index (χ1) is 13.1. The normalized spacial score (nSPS) is 15.3. The number of hydrogen-bond acceptors (Lipinski definition) is 3. The van der Waals surface area contributed by atoms with Crippen molar-refractivity contribution >= 4 is 34.1 Å². The van der Waals surface area contributed by atoms with Crippen molar-refractivity contribution in [1.82, 2.24) is 14.8 Å². The van der Waals surface area contributed by atoms with E-state index in [9.17, 15) is 9.59 Å². The van der Waals surface area contributed by atoms with Crippen molar-refractivity contribution in [2.75, 3.05) is 20.1 Å². The fourth-order valence-electron chi connectivity index (χ4n) is 3.85.